The van der Waals surface area contributed by atoms with Gasteiger partial charge in [-0.25, -0.2) is 9.18 Å². The van der Waals surface area contributed by atoms with Crippen LogP contribution < -0.4 is 0 Å². The highest BCUT2D eigenvalue weighted by Gasteiger charge is 2.37. The topological polar surface area (TPSA) is 66.8 Å². The minimum Gasteiger partial charge on any atom is -0.479 e. The van der Waals surface area contributed by atoms with E-state index in [4.69, 9.17) is 9.84 Å². The number of carbonyl (C=O) groups excluding carboxylic acids is 1. The SMILES string of the molecule is CC(c1ccc(F)cc1)N(C)C(=O)[C@@H]1CC[C@H](C(=O)O)O1. The molecule has 0 aliphatic carbocycles. The fourth-order valence-corrected chi connectivity index (χ4v) is 2.38. The second-order valence-corrected chi connectivity index (χ2v) is 5.21. The van der Waals surface area contributed by atoms with Crippen LogP contribution in [0.25, 0.3) is 0 Å². The normalized spacial score (nSPS) is 22.8. The molecule has 1 unspecified atom stereocenters. The lowest BCUT2D eigenvalue weighted by molar-refractivity contribution is -0.155. The van der Waals surface area contributed by atoms with Crippen molar-refractivity contribution in [1.82, 2.24) is 4.90 Å². The maximum Gasteiger partial charge on any atom is 0.332 e. The molecular weight excluding hydrogens is 277 g/mol. The van der Waals surface area contributed by atoms with Crippen molar-refractivity contribution in [3.05, 3.63) is 35.6 Å². The van der Waals surface area contributed by atoms with Crippen molar-refractivity contribution in [2.45, 2.75) is 38.0 Å². The van der Waals surface area contributed by atoms with Crippen LogP contribution >= 0.6 is 0 Å². The van der Waals surface area contributed by atoms with Crippen LogP contribution in [0.4, 0.5) is 4.39 Å². The fraction of sp³-hybridized carbons (Fsp3) is 0.467. The maximum absolute atomic E-state index is 12.9. The van der Waals surface area contributed by atoms with E-state index < -0.39 is 18.2 Å². The summed E-state index contributed by atoms with van der Waals surface area (Å²) in [6.45, 7) is 1.83. The first-order valence-corrected chi connectivity index (χ1v) is 6.80. The Bertz CT molecular complexity index is 531. The van der Waals surface area contributed by atoms with Gasteiger partial charge in [-0.2, -0.15) is 0 Å². The van der Waals surface area contributed by atoms with Crippen molar-refractivity contribution < 1.29 is 23.8 Å². The number of likely N-dealkylation sites (N-methyl/N-ethyl adjacent to an activating group) is 1. The number of carbonyl (C=O) groups is 2. The van der Waals surface area contributed by atoms with Gasteiger partial charge < -0.3 is 14.7 Å². The van der Waals surface area contributed by atoms with Crippen LogP contribution in [0.1, 0.15) is 31.4 Å². The van der Waals surface area contributed by atoms with Gasteiger partial charge in [-0.3, -0.25) is 4.79 Å². The van der Waals surface area contributed by atoms with E-state index in [1.54, 1.807) is 19.2 Å². The van der Waals surface area contributed by atoms with E-state index in [0.717, 1.165) is 5.56 Å². The molecule has 1 fully saturated rings. The van der Waals surface area contributed by atoms with Crippen molar-refractivity contribution in [2.75, 3.05) is 7.05 Å². The summed E-state index contributed by atoms with van der Waals surface area (Å²) < 4.78 is 18.2. The molecule has 3 atom stereocenters. The van der Waals surface area contributed by atoms with Gasteiger partial charge in [0, 0.05) is 7.05 Å². The summed E-state index contributed by atoms with van der Waals surface area (Å²) in [5.74, 6) is -1.63. The van der Waals surface area contributed by atoms with Crippen LogP contribution in [-0.2, 0) is 14.3 Å². The molecule has 1 saturated heterocycles. The monoisotopic (exact) mass is 295 g/mol. The average Bonchev–Trinajstić information content (AvgIpc) is 2.96. The fourth-order valence-electron chi connectivity index (χ4n) is 2.38. The molecule has 1 amide bonds. The number of halogens is 1. The minimum atomic E-state index is -1.04. The van der Waals surface area contributed by atoms with E-state index in [1.165, 1.54) is 17.0 Å². The van der Waals surface area contributed by atoms with Gasteiger partial charge in [0.25, 0.3) is 5.91 Å². The van der Waals surface area contributed by atoms with E-state index in [2.05, 4.69) is 0 Å². The third-order valence-corrected chi connectivity index (χ3v) is 3.85. The number of amides is 1. The highest BCUT2D eigenvalue weighted by Crippen LogP contribution is 2.25. The summed E-state index contributed by atoms with van der Waals surface area (Å²) in [7, 11) is 1.63. The number of hydrogen-bond donors (Lipinski definition) is 1. The molecular formula is C15H18FNO4. The zero-order chi connectivity index (χ0) is 15.6. The maximum atomic E-state index is 12.9. The van der Waals surface area contributed by atoms with Gasteiger partial charge in [0.15, 0.2) is 6.10 Å². The number of carboxylic acid groups (broad SMARTS) is 1. The second kappa shape index (κ2) is 6.22. The van der Waals surface area contributed by atoms with Gasteiger partial charge in [-0.15, -0.1) is 0 Å². The first kappa shape index (κ1) is 15.4. The molecule has 114 valence electrons. The lowest BCUT2D eigenvalue weighted by Crippen LogP contribution is -2.38. The molecule has 0 radical (unpaired) electrons. The number of rotatable bonds is 4. The van der Waals surface area contributed by atoms with Crippen molar-refractivity contribution >= 4 is 11.9 Å². The molecule has 1 heterocycles. The summed E-state index contributed by atoms with van der Waals surface area (Å²) in [5, 5.41) is 8.88. The van der Waals surface area contributed by atoms with Crippen molar-refractivity contribution in [3.8, 4) is 0 Å². The number of ether oxygens (including phenoxy) is 1. The van der Waals surface area contributed by atoms with E-state index in [1.807, 2.05) is 6.92 Å². The Balaban J connectivity index is 2.02. The van der Waals surface area contributed by atoms with E-state index >= 15 is 0 Å². The van der Waals surface area contributed by atoms with Crippen LogP contribution in [0.3, 0.4) is 0 Å². The summed E-state index contributed by atoms with van der Waals surface area (Å²) >= 11 is 0. The molecule has 5 nitrogen and oxygen atoms in total. The number of benzene rings is 1. The second-order valence-electron chi connectivity index (χ2n) is 5.21. The van der Waals surface area contributed by atoms with E-state index in [0.29, 0.717) is 12.8 Å². The summed E-state index contributed by atoms with van der Waals surface area (Å²) in [5.41, 5.74) is 0.806. The standard InChI is InChI=1S/C15H18FNO4/c1-9(10-3-5-11(16)6-4-10)17(2)14(18)12-7-8-13(21-12)15(19)20/h3-6,9,12-13H,7-8H2,1-2H3,(H,19,20)/t9?,12-,13+/m0/s1. The molecule has 1 N–H and O–H groups in total. The van der Waals surface area contributed by atoms with Crippen LogP contribution in [0.5, 0.6) is 0 Å². The zero-order valence-corrected chi connectivity index (χ0v) is 12.0. The lowest BCUT2D eigenvalue weighted by Gasteiger charge is -2.27. The molecule has 1 aliphatic rings. The zero-order valence-electron chi connectivity index (χ0n) is 12.0. The Morgan fingerprint density at radius 3 is 2.38 bits per heavy atom. The Kier molecular flexibility index (Phi) is 4.57. The predicted octanol–water partition coefficient (Wildman–Crippen LogP) is 1.98. The lowest BCUT2D eigenvalue weighted by atomic mass is 10.1. The van der Waals surface area contributed by atoms with Crippen molar-refractivity contribution in [3.63, 3.8) is 0 Å². The number of hydrogen-bond acceptors (Lipinski definition) is 3. The first-order valence-electron chi connectivity index (χ1n) is 6.80. The number of aliphatic carboxylic acids is 1. The molecule has 1 aromatic rings. The third kappa shape index (κ3) is 3.39. The van der Waals surface area contributed by atoms with Gasteiger partial charge in [0.05, 0.1) is 6.04 Å². The highest BCUT2D eigenvalue weighted by atomic mass is 19.1. The molecule has 0 spiro atoms. The van der Waals surface area contributed by atoms with Crippen LogP contribution in [0.2, 0.25) is 0 Å². The Morgan fingerprint density at radius 1 is 1.29 bits per heavy atom. The summed E-state index contributed by atoms with van der Waals surface area (Å²) in [4.78, 5) is 24.7. The number of carboxylic acids is 1. The molecule has 1 aromatic carbocycles. The predicted molar refractivity (Wildman–Crippen MR) is 73.1 cm³/mol. The summed E-state index contributed by atoms with van der Waals surface area (Å²) in [6, 6.07) is 5.69. The van der Waals surface area contributed by atoms with Gasteiger partial charge in [0.1, 0.15) is 11.9 Å². The van der Waals surface area contributed by atoms with Crippen molar-refractivity contribution in [2.24, 2.45) is 0 Å². The smallest absolute Gasteiger partial charge is 0.332 e. The first-order chi connectivity index (χ1) is 9.90. The van der Waals surface area contributed by atoms with Crippen molar-refractivity contribution in [1.29, 1.82) is 0 Å². The highest BCUT2D eigenvalue weighted by molar-refractivity contribution is 5.82. The quantitative estimate of drug-likeness (QED) is 0.922. The Morgan fingerprint density at radius 2 is 1.86 bits per heavy atom. The number of nitrogens with zero attached hydrogens (tertiary/aromatic N) is 1. The molecule has 0 bridgehead atoms. The van der Waals surface area contributed by atoms with Crippen LogP contribution in [-0.4, -0.2) is 41.1 Å². The van der Waals surface area contributed by atoms with E-state index in [9.17, 15) is 14.0 Å². The average molecular weight is 295 g/mol. The Labute approximate surface area is 122 Å². The molecule has 6 heteroatoms. The van der Waals surface area contributed by atoms with E-state index in [-0.39, 0.29) is 17.8 Å². The Hall–Kier alpha value is -1.95. The molecule has 1 aliphatic heterocycles. The molecule has 2 rings (SSSR count). The largest absolute Gasteiger partial charge is 0.479 e. The molecule has 0 aromatic heterocycles. The van der Waals surface area contributed by atoms with Gasteiger partial charge in [0.2, 0.25) is 0 Å². The third-order valence-electron chi connectivity index (χ3n) is 3.85. The summed E-state index contributed by atoms with van der Waals surface area (Å²) in [6.07, 6.45) is -0.895. The van der Waals surface area contributed by atoms with Crippen LogP contribution in [0, 0.1) is 5.82 Å². The van der Waals surface area contributed by atoms with Gasteiger partial charge in [-0.1, -0.05) is 12.1 Å². The van der Waals surface area contributed by atoms with Gasteiger partial charge >= 0.3 is 5.97 Å². The molecule has 0 saturated carbocycles. The van der Waals surface area contributed by atoms with Crippen LogP contribution in [0.15, 0.2) is 24.3 Å². The minimum absolute atomic E-state index is 0.245. The molecule has 21 heavy (non-hydrogen) atoms. The van der Waals surface area contributed by atoms with Gasteiger partial charge in [-0.05, 0) is 37.5 Å².